The molecule has 0 aliphatic carbocycles. The molecule has 4 aromatic carbocycles. The van der Waals surface area contributed by atoms with E-state index in [0.29, 0.717) is 22.4 Å². The fraction of sp³-hybridized carbons (Fsp3) is 0.0690. The summed E-state index contributed by atoms with van der Waals surface area (Å²) in [5, 5.41) is 5.36. The second-order valence-electron chi connectivity index (χ2n) is 7.91. The number of hydrogen-bond donors (Lipinski definition) is 2. The van der Waals surface area contributed by atoms with Crippen LogP contribution in [0, 0.1) is 5.82 Å². The highest BCUT2D eigenvalue weighted by Crippen LogP contribution is 2.24. The number of esters is 1. The standard InChI is InChI=1S/C29H23FN2O4/c30-23-16-18-24(19-17-23)31-28(34)26(21-12-6-2-7-13-21)36-29(35)25(20-10-4-1-5-11-20)32-27(33)22-14-8-3-9-15-22/h1-19,25-26H,(H,31,34)(H,32,33)/t25-,26+/m1/s1. The monoisotopic (exact) mass is 482 g/mol. The molecule has 0 bridgehead atoms. The third kappa shape index (κ3) is 6.21. The zero-order valence-electron chi connectivity index (χ0n) is 19.1. The van der Waals surface area contributed by atoms with Gasteiger partial charge in [0.05, 0.1) is 0 Å². The molecule has 180 valence electrons. The molecule has 4 rings (SSSR count). The van der Waals surface area contributed by atoms with Gasteiger partial charge in [0, 0.05) is 16.8 Å². The number of carbonyl (C=O) groups is 3. The Morgan fingerprint density at radius 2 is 1.19 bits per heavy atom. The van der Waals surface area contributed by atoms with E-state index in [-0.39, 0.29) is 0 Å². The molecule has 0 aliphatic rings. The lowest BCUT2D eigenvalue weighted by molar-refractivity contribution is -0.156. The first kappa shape index (κ1) is 24.3. The molecule has 0 saturated carbocycles. The van der Waals surface area contributed by atoms with Crippen molar-refractivity contribution in [1.82, 2.24) is 5.32 Å². The van der Waals surface area contributed by atoms with Crippen LogP contribution in [0.5, 0.6) is 0 Å². The van der Waals surface area contributed by atoms with E-state index >= 15 is 0 Å². The molecule has 0 aliphatic heterocycles. The number of amides is 2. The first-order valence-corrected chi connectivity index (χ1v) is 11.2. The zero-order chi connectivity index (χ0) is 25.3. The fourth-order valence-corrected chi connectivity index (χ4v) is 3.55. The number of carbonyl (C=O) groups excluding carboxylic acids is 3. The van der Waals surface area contributed by atoms with E-state index < -0.39 is 35.7 Å². The third-order valence-electron chi connectivity index (χ3n) is 5.37. The van der Waals surface area contributed by atoms with E-state index in [1.807, 2.05) is 0 Å². The Morgan fingerprint density at radius 1 is 0.667 bits per heavy atom. The Labute approximate surface area is 207 Å². The minimum Gasteiger partial charge on any atom is -0.445 e. The molecule has 0 radical (unpaired) electrons. The molecule has 0 saturated heterocycles. The van der Waals surface area contributed by atoms with Gasteiger partial charge in [0.15, 0.2) is 6.04 Å². The van der Waals surface area contributed by atoms with E-state index in [2.05, 4.69) is 10.6 Å². The van der Waals surface area contributed by atoms with Crippen molar-refractivity contribution in [2.75, 3.05) is 5.32 Å². The molecule has 0 spiro atoms. The van der Waals surface area contributed by atoms with Crippen molar-refractivity contribution in [3.63, 3.8) is 0 Å². The summed E-state index contributed by atoms with van der Waals surface area (Å²) < 4.78 is 19.0. The maximum absolute atomic E-state index is 13.4. The average molecular weight is 483 g/mol. The largest absolute Gasteiger partial charge is 0.445 e. The Kier molecular flexibility index (Phi) is 7.83. The molecule has 2 amide bonds. The third-order valence-corrected chi connectivity index (χ3v) is 5.37. The smallest absolute Gasteiger partial charge is 0.334 e. The summed E-state index contributed by atoms with van der Waals surface area (Å²) in [6.07, 6.45) is -1.32. The first-order chi connectivity index (χ1) is 17.5. The van der Waals surface area contributed by atoms with Gasteiger partial charge in [-0.05, 0) is 42.0 Å². The lowest BCUT2D eigenvalue weighted by atomic mass is 10.1. The summed E-state index contributed by atoms with van der Waals surface area (Å²) in [6.45, 7) is 0. The summed E-state index contributed by atoms with van der Waals surface area (Å²) in [6, 6.07) is 29.7. The zero-order valence-corrected chi connectivity index (χ0v) is 19.1. The quantitative estimate of drug-likeness (QED) is 0.337. The summed E-state index contributed by atoms with van der Waals surface area (Å²) in [4.78, 5) is 39.5. The van der Waals surface area contributed by atoms with Crippen LogP contribution in [0.1, 0.15) is 33.6 Å². The molecule has 0 aromatic heterocycles. The van der Waals surface area contributed by atoms with Crippen molar-refractivity contribution >= 4 is 23.5 Å². The van der Waals surface area contributed by atoms with Crippen LogP contribution in [-0.2, 0) is 14.3 Å². The molecule has 7 heteroatoms. The molecule has 4 aromatic rings. The molecule has 0 fully saturated rings. The normalized spacial score (nSPS) is 12.1. The minimum atomic E-state index is -1.32. The Balaban J connectivity index is 1.60. The van der Waals surface area contributed by atoms with E-state index in [1.54, 1.807) is 91.0 Å². The van der Waals surface area contributed by atoms with Crippen LogP contribution in [0.3, 0.4) is 0 Å². The van der Waals surface area contributed by atoms with E-state index in [0.717, 1.165) is 0 Å². The van der Waals surface area contributed by atoms with Crippen molar-refractivity contribution < 1.29 is 23.5 Å². The summed E-state index contributed by atoms with van der Waals surface area (Å²) in [7, 11) is 0. The number of nitrogens with one attached hydrogen (secondary N) is 2. The minimum absolute atomic E-state index is 0.343. The maximum Gasteiger partial charge on any atom is 0.334 e. The highest BCUT2D eigenvalue weighted by molar-refractivity contribution is 5.99. The van der Waals surface area contributed by atoms with Gasteiger partial charge in [-0.1, -0.05) is 78.9 Å². The van der Waals surface area contributed by atoms with Crippen LogP contribution in [0.4, 0.5) is 10.1 Å². The first-order valence-electron chi connectivity index (χ1n) is 11.2. The lowest BCUT2D eigenvalue weighted by Gasteiger charge is -2.23. The van der Waals surface area contributed by atoms with Gasteiger partial charge < -0.3 is 15.4 Å². The van der Waals surface area contributed by atoms with E-state index in [4.69, 9.17) is 4.74 Å². The predicted molar refractivity (Wildman–Crippen MR) is 133 cm³/mol. The molecular weight excluding hydrogens is 459 g/mol. The molecule has 0 unspecified atom stereocenters. The molecular formula is C29H23FN2O4. The van der Waals surface area contributed by atoms with Crippen molar-refractivity contribution in [1.29, 1.82) is 0 Å². The fourth-order valence-electron chi connectivity index (χ4n) is 3.55. The number of anilines is 1. The number of hydrogen-bond acceptors (Lipinski definition) is 4. The van der Waals surface area contributed by atoms with Gasteiger partial charge in [0.2, 0.25) is 6.10 Å². The van der Waals surface area contributed by atoms with Crippen molar-refractivity contribution in [3.8, 4) is 0 Å². The van der Waals surface area contributed by atoms with Gasteiger partial charge in [0.25, 0.3) is 11.8 Å². The van der Waals surface area contributed by atoms with Crippen molar-refractivity contribution in [3.05, 3.63) is 138 Å². The molecule has 2 N–H and O–H groups in total. The summed E-state index contributed by atoms with van der Waals surface area (Å²) >= 11 is 0. The van der Waals surface area contributed by atoms with Crippen LogP contribution in [0.2, 0.25) is 0 Å². The Bertz CT molecular complexity index is 1310. The number of halogens is 1. The van der Waals surface area contributed by atoms with Crippen molar-refractivity contribution in [2.24, 2.45) is 0 Å². The van der Waals surface area contributed by atoms with Crippen LogP contribution >= 0.6 is 0 Å². The summed E-state index contributed by atoms with van der Waals surface area (Å²) in [5.41, 5.74) is 1.65. The molecule has 36 heavy (non-hydrogen) atoms. The second kappa shape index (κ2) is 11.6. The SMILES string of the molecule is O=C(N[C@@H](C(=O)O[C@H](C(=O)Nc1ccc(F)cc1)c1ccccc1)c1ccccc1)c1ccccc1. The predicted octanol–water partition coefficient (Wildman–Crippen LogP) is 5.22. The summed E-state index contributed by atoms with van der Waals surface area (Å²) in [5.74, 6) is -2.34. The van der Waals surface area contributed by atoms with Crippen molar-refractivity contribution in [2.45, 2.75) is 12.1 Å². The number of benzene rings is 4. The number of ether oxygens (including phenoxy) is 1. The highest BCUT2D eigenvalue weighted by Gasteiger charge is 2.31. The van der Waals surface area contributed by atoms with Crippen LogP contribution in [-0.4, -0.2) is 17.8 Å². The van der Waals surface area contributed by atoms with Gasteiger partial charge >= 0.3 is 5.97 Å². The second-order valence-corrected chi connectivity index (χ2v) is 7.91. The van der Waals surface area contributed by atoms with Gasteiger partial charge in [-0.3, -0.25) is 9.59 Å². The molecule has 0 heterocycles. The maximum atomic E-state index is 13.4. The van der Waals surface area contributed by atoms with Gasteiger partial charge in [-0.2, -0.15) is 0 Å². The molecule has 6 nitrogen and oxygen atoms in total. The van der Waals surface area contributed by atoms with Crippen LogP contribution in [0.15, 0.2) is 115 Å². The van der Waals surface area contributed by atoms with Crippen LogP contribution < -0.4 is 10.6 Å². The van der Waals surface area contributed by atoms with Crippen LogP contribution in [0.25, 0.3) is 0 Å². The number of rotatable bonds is 8. The lowest BCUT2D eigenvalue weighted by Crippen LogP contribution is -2.37. The van der Waals surface area contributed by atoms with Gasteiger partial charge in [-0.15, -0.1) is 0 Å². The van der Waals surface area contributed by atoms with E-state index in [1.165, 1.54) is 24.3 Å². The molecule has 2 atom stereocenters. The Morgan fingerprint density at radius 3 is 1.78 bits per heavy atom. The van der Waals surface area contributed by atoms with Gasteiger partial charge in [0.1, 0.15) is 5.82 Å². The average Bonchev–Trinajstić information content (AvgIpc) is 2.92. The highest BCUT2D eigenvalue weighted by atomic mass is 19.1. The Hall–Kier alpha value is -4.78. The topological polar surface area (TPSA) is 84.5 Å². The van der Waals surface area contributed by atoms with Gasteiger partial charge in [-0.25, -0.2) is 9.18 Å². The van der Waals surface area contributed by atoms with E-state index in [9.17, 15) is 18.8 Å².